The number of urea groups is 1. The average molecular weight is 367 g/mol. The molecule has 0 fully saturated rings. The maximum absolute atomic E-state index is 12.4. The van der Waals surface area contributed by atoms with Crippen molar-refractivity contribution in [3.8, 4) is 0 Å². The van der Waals surface area contributed by atoms with Crippen LogP contribution >= 0.6 is 0 Å². The lowest BCUT2D eigenvalue weighted by Gasteiger charge is -2.11. The van der Waals surface area contributed by atoms with Gasteiger partial charge in [-0.2, -0.15) is 0 Å². The lowest BCUT2D eigenvalue weighted by Crippen LogP contribution is -2.39. The van der Waals surface area contributed by atoms with E-state index in [1.54, 1.807) is 12.1 Å². The van der Waals surface area contributed by atoms with Crippen LogP contribution in [0.2, 0.25) is 0 Å². The number of amides is 3. The number of anilines is 1. The van der Waals surface area contributed by atoms with Crippen LogP contribution in [0, 0.1) is 0 Å². The number of rotatable bonds is 7. The zero-order valence-corrected chi connectivity index (χ0v) is 16.5. The first-order valence-electron chi connectivity index (χ1n) is 9.43. The summed E-state index contributed by atoms with van der Waals surface area (Å²) in [6.07, 6.45) is 1.09. The second-order valence-electron chi connectivity index (χ2n) is 7.06. The van der Waals surface area contributed by atoms with Crippen LogP contribution in [0.15, 0.2) is 48.5 Å². The number of hydrogen-bond donors (Lipinski definition) is 3. The summed E-state index contributed by atoms with van der Waals surface area (Å²) >= 11 is 0. The Hall–Kier alpha value is -2.82. The fourth-order valence-corrected chi connectivity index (χ4v) is 2.60. The van der Waals surface area contributed by atoms with Gasteiger partial charge in [0.1, 0.15) is 0 Å². The van der Waals surface area contributed by atoms with Gasteiger partial charge in [-0.15, -0.1) is 0 Å². The van der Waals surface area contributed by atoms with Gasteiger partial charge in [-0.3, -0.25) is 4.79 Å². The molecule has 1 unspecified atom stereocenters. The van der Waals surface area contributed by atoms with Gasteiger partial charge in [-0.25, -0.2) is 4.79 Å². The molecule has 0 aliphatic carbocycles. The summed E-state index contributed by atoms with van der Waals surface area (Å²) < 4.78 is 0. The van der Waals surface area contributed by atoms with E-state index in [2.05, 4.69) is 41.9 Å². The third kappa shape index (κ3) is 6.44. The van der Waals surface area contributed by atoms with Crippen molar-refractivity contribution in [2.24, 2.45) is 0 Å². The Bertz CT molecular complexity index is 752. The molecule has 2 aromatic rings. The van der Waals surface area contributed by atoms with Crippen LogP contribution in [0.25, 0.3) is 0 Å². The highest BCUT2D eigenvalue weighted by Crippen LogP contribution is 2.20. The smallest absolute Gasteiger partial charge is 0.315 e. The summed E-state index contributed by atoms with van der Waals surface area (Å²) in [5, 5.41) is 8.47. The Balaban J connectivity index is 1.90. The Labute approximate surface area is 161 Å². The number of benzene rings is 2. The molecule has 0 heterocycles. The number of nitrogens with one attached hydrogen (secondary N) is 3. The molecule has 0 aliphatic heterocycles. The molecular formula is C22H29N3O2. The Morgan fingerprint density at radius 2 is 1.56 bits per heavy atom. The number of hydrogen-bond acceptors (Lipinski definition) is 2. The second-order valence-corrected chi connectivity index (χ2v) is 7.06. The molecule has 5 heteroatoms. The van der Waals surface area contributed by atoms with Gasteiger partial charge in [0.15, 0.2) is 0 Å². The van der Waals surface area contributed by atoms with E-state index in [4.69, 9.17) is 0 Å². The van der Waals surface area contributed by atoms with E-state index in [0.29, 0.717) is 18.0 Å². The topological polar surface area (TPSA) is 70.2 Å². The molecule has 3 amide bonds. The zero-order chi connectivity index (χ0) is 19.8. The summed E-state index contributed by atoms with van der Waals surface area (Å²) in [5.74, 6) is 0.363. The lowest BCUT2D eigenvalue weighted by molar-refractivity contribution is 0.102. The maximum atomic E-state index is 12.4. The molecule has 3 N–H and O–H groups in total. The SMILES string of the molecule is CCC(C)c1ccc(NC(=O)c2ccc(CNC(=O)NC(C)C)cc2)cc1. The number of carbonyl (C=O) groups is 2. The normalized spacial score (nSPS) is 11.7. The largest absolute Gasteiger partial charge is 0.336 e. The fourth-order valence-electron chi connectivity index (χ4n) is 2.60. The molecule has 1 atom stereocenters. The van der Waals surface area contributed by atoms with Gasteiger partial charge in [0.25, 0.3) is 5.91 Å². The second kappa shape index (κ2) is 9.76. The van der Waals surface area contributed by atoms with Crippen molar-refractivity contribution >= 4 is 17.6 Å². The average Bonchev–Trinajstić information content (AvgIpc) is 2.66. The van der Waals surface area contributed by atoms with E-state index in [9.17, 15) is 9.59 Å². The van der Waals surface area contributed by atoms with Crippen LogP contribution in [0.3, 0.4) is 0 Å². The summed E-state index contributed by atoms with van der Waals surface area (Å²) in [4.78, 5) is 24.0. The lowest BCUT2D eigenvalue weighted by atomic mass is 9.98. The first kappa shape index (κ1) is 20.5. The summed E-state index contributed by atoms with van der Waals surface area (Å²) in [6.45, 7) is 8.58. The molecule has 5 nitrogen and oxygen atoms in total. The molecule has 144 valence electrons. The van der Waals surface area contributed by atoms with Crippen molar-refractivity contribution in [1.82, 2.24) is 10.6 Å². The van der Waals surface area contributed by atoms with Crippen molar-refractivity contribution < 1.29 is 9.59 Å². The van der Waals surface area contributed by atoms with Crippen LogP contribution in [-0.4, -0.2) is 18.0 Å². The van der Waals surface area contributed by atoms with Crippen LogP contribution in [-0.2, 0) is 6.54 Å². The van der Waals surface area contributed by atoms with E-state index >= 15 is 0 Å². The van der Waals surface area contributed by atoms with Crippen LogP contribution in [0.5, 0.6) is 0 Å². The summed E-state index contributed by atoms with van der Waals surface area (Å²) in [5.41, 5.74) is 3.57. The minimum atomic E-state index is -0.201. The van der Waals surface area contributed by atoms with E-state index in [1.807, 2.05) is 38.1 Å². The summed E-state index contributed by atoms with van der Waals surface area (Å²) in [6, 6.07) is 15.1. The van der Waals surface area contributed by atoms with Gasteiger partial charge < -0.3 is 16.0 Å². The predicted molar refractivity (Wildman–Crippen MR) is 110 cm³/mol. The first-order valence-corrected chi connectivity index (χ1v) is 9.43. The monoisotopic (exact) mass is 367 g/mol. The van der Waals surface area contributed by atoms with Crippen LogP contribution in [0.1, 0.15) is 61.5 Å². The molecule has 27 heavy (non-hydrogen) atoms. The summed E-state index contributed by atoms with van der Waals surface area (Å²) in [7, 11) is 0. The van der Waals surface area contributed by atoms with E-state index in [-0.39, 0.29) is 18.0 Å². The van der Waals surface area contributed by atoms with Gasteiger partial charge in [0, 0.05) is 23.8 Å². The minimum Gasteiger partial charge on any atom is -0.336 e. The van der Waals surface area contributed by atoms with E-state index in [0.717, 1.165) is 17.7 Å². The van der Waals surface area contributed by atoms with Crippen LogP contribution < -0.4 is 16.0 Å². The molecule has 0 aromatic heterocycles. The first-order chi connectivity index (χ1) is 12.9. The van der Waals surface area contributed by atoms with Gasteiger partial charge in [0.05, 0.1) is 0 Å². The quantitative estimate of drug-likeness (QED) is 0.666. The minimum absolute atomic E-state index is 0.0929. The van der Waals surface area contributed by atoms with Crippen molar-refractivity contribution in [2.45, 2.75) is 52.6 Å². The van der Waals surface area contributed by atoms with Gasteiger partial charge in [0.2, 0.25) is 0 Å². The van der Waals surface area contributed by atoms with Crippen molar-refractivity contribution in [1.29, 1.82) is 0 Å². The molecule has 2 rings (SSSR count). The maximum Gasteiger partial charge on any atom is 0.315 e. The fraction of sp³-hybridized carbons (Fsp3) is 0.364. The van der Waals surface area contributed by atoms with Gasteiger partial charge in [-0.1, -0.05) is 38.1 Å². The Morgan fingerprint density at radius 1 is 0.926 bits per heavy atom. The molecule has 2 aromatic carbocycles. The van der Waals surface area contributed by atoms with Crippen LogP contribution in [0.4, 0.5) is 10.5 Å². The molecule has 0 spiro atoms. The standard InChI is InChI=1S/C22H29N3O2/c1-5-16(4)18-10-12-20(13-11-18)25-21(26)19-8-6-17(7-9-19)14-23-22(27)24-15(2)3/h6-13,15-16H,5,14H2,1-4H3,(H,25,26)(H2,23,24,27). The third-order valence-electron chi connectivity index (χ3n) is 4.44. The zero-order valence-electron chi connectivity index (χ0n) is 16.5. The van der Waals surface area contributed by atoms with Crippen molar-refractivity contribution in [3.05, 3.63) is 65.2 Å². The van der Waals surface area contributed by atoms with Crippen molar-refractivity contribution in [2.75, 3.05) is 5.32 Å². The highest BCUT2D eigenvalue weighted by Gasteiger charge is 2.08. The third-order valence-corrected chi connectivity index (χ3v) is 4.44. The molecule has 0 bridgehead atoms. The van der Waals surface area contributed by atoms with E-state index in [1.165, 1.54) is 5.56 Å². The highest BCUT2D eigenvalue weighted by molar-refractivity contribution is 6.04. The van der Waals surface area contributed by atoms with Gasteiger partial charge in [-0.05, 0) is 61.6 Å². The van der Waals surface area contributed by atoms with Crippen molar-refractivity contribution in [3.63, 3.8) is 0 Å². The molecule has 0 aliphatic rings. The Kier molecular flexibility index (Phi) is 7.41. The molecule has 0 saturated carbocycles. The van der Waals surface area contributed by atoms with E-state index < -0.39 is 0 Å². The predicted octanol–water partition coefficient (Wildman–Crippen LogP) is 4.66. The van der Waals surface area contributed by atoms with Gasteiger partial charge >= 0.3 is 6.03 Å². The molecule has 0 saturated heterocycles. The highest BCUT2D eigenvalue weighted by atomic mass is 16.2. The molecular weight excluding hydrogens is 338 g/mol. The Morgan fingerprint density at radius 3 is 2.11 bits per heavy atom. The molecule has 0 radical (unpaired) electrons. The number of carbonyl (C=O) groups excluding carboxylic acids is 2.